The summed E-state index contributed by atoms with van der Waals surface area (Å²) >= 11 is 0. The molecule has 1 heterocycles. The van der Waals surface area contributed by atoms with Crippen LogP contribution in [0.5, 0.6) is 0 Å². The molecule has 104 valence electrons. The van der Waals surface area contributed by atoms with Crippen LogP contribution in [0.2, 0.25) is 0 Å². The second-order valence-corrected chi connectivity index (χ2v) is 7.39. The summed E-state index contributed by atoms with van der Waals surface area (Å²) in [6.07, 6.45) is 10.9. The molecule has 4 saturated carbocycles. The molecule has 19 heavy (non-hydrogen) atoms. The van der Waals surface area contributed by atoms with E-state index < -0.39 is 0 Å². The first-order chi connectivity index (χ1) is 9.31. The Hall–Kier alpha value is -0.760. The van der Waals surface area contributed by atoms with Crippen LogP contribution in [-0.2, 0) is 5.41 Å². The third kappa shape index (κ3) is 1.79. The van der Waals surface area contributed by atoms with Gasteiger partial charge in [0, 0.05) is 17.3 Å². The van der Waals surface area contributed by atoms with Crippen LogP contribution >= 0.6 is 0 Å². The summed E-state index contributed by atoms with van der Waals surface area (Å²) in [5.74, 6) is 4.03. The van der Waals surface area contributed by atoms with E-state index in [2.05, 4.69) is 35.7 Å². The maximum atomic E-state index is 3.54. The Bertz CT molecular complexity index is 420. The van der Waals surface area contributed by atoms with Gasteiger partial charge in [-0.05, 0) is 87.9 Å². The van der Waals surface area contributed by atoms with Crippen molar-refractivity contribution in [1.29, 1.82) is 0 Å². The van der Waals surface area contributed by atoms with E-state index >= 15 is 0 Å². The minimum Gasteiger partial charge on any atom is -0.365 e. The molecule has 0 spiro atoms. The van der Waals surface area contributed by atoms with Crippen LogP contribution in [-0.4, -0.2) is 18.6 Å². The number of aromatic amines is 1. The fraction of sp³-hybridized carbons (Fsp3) is 0.765. The Labute approximate surface area is 116 Å². The fourth-order valence-corrected chi connectivity index (χ4v) is 5.90. The summed E-state index contributed by atoms with van der Waals surface area (Å²) in [5, 5.41) is 3.36. The summed E-state index contributed by atoms with van der Waals surface area (Å²) in [6.45, 7) is 1.21. The van der Waals surface area contributed by atoms with Gasteiger partial charge in [0.15, 0.2) is 0 Å². The number of rotatable bonds is 4. The molecule has 0 saturated heterocycles. The molecule has 1 aromatic heterocycles. The quantitative estimate of drug-likeness (QED) is 0.852. The minimum absolute atomic E-state index is 0.524. The van der Waals surface area contributed by atoms with Crippen LogP contribution in [0.15, 0.2) is 18.3 Å². The first kappa shape index (κ1) is 12.0. The number of aromatic nitrogens is 1. The molecule has 2 N–H and O–H groups in total. The molecule has 5 rings (SSSR count). The summed E-state index contributed by atoms with van der Waals surface area (Å²) in [4.78, 5) is 3.54. The maximum Gasteiger partial charge on any atom is 0.0210 e. The molecule has 2 heteroatoms. The largest absolute Gasteiger partial charge is 0.365 e. The highest BCUT2D eigenvalue weighted by atomic mass is 14.8. The van der Waals surface area contributed by atoms with Crippen molar-refractivity contribution in [3.05, 3.63) is 24.0 Å². The van der Waals surface area contributed by atoms with Crippen LogP contribution in [0.4, 0.5) is 0 Å². The van der Waals surface area contributed by atoms with Crippen LogP contribution in [0, 0.1) is 23.7 Å². The zero-order valence-corrected chi connectivity index (χ0v) is 12.0. The van der Waals surface area contributed by atoms with Crippen molar-refractivity contribution in [2.45, 2.75) is 43.9 Å². The van der Waals surface area contributed by atoms with Gasteiger partial charge in [-0.1, -0.05) is 0 Å². The predicted molar refractivity (Wildman–Crippen MR) is 78.1 cm³/mol. The van der Waals surface area contributed by atoms with Crippen molar-refractivity contribution >= 4 is 0 Å². The van der Waals surface area contributed by atoms with Crippen LogP contribution in [0.1, 0.15) is 44.2 Å². The van der Waals surface area contributed by atoms with Crippen molar-refractivity contribution < 1.29 is 0 Å². The average Bonchev–Trinajstić information content (AvgIpc) is 2.92. The fourth-order valence-electron chi connectivity index (χ4n) is 5.90. The molecule has 4 bridgehead atoms. The molecule has 0 radical (unpaired) electrons. The SMILES string of the molecule is CNCCC1C2CC3CC1CC(c1ccc[nH]1)(C3)C2. The number of hydrogen-bond donors (Lipinski definition) is 2. The van der Waals surface area contributed by atoms with Crippen LogP contribution < -0.4 is 5.32 Å². The third-order valence-corrected chi connectivity index (χ3v) is 6.37. The number of H-pyrrole nitrogens is 1. The van der Waals surface area contributed by atoms with Crippen molar-refractivity contribution in [3.63, 3.8) is 0 Å². The minimum atomic E-state index is 0.524. The highest BCUT2D eigenvalue weighted by molar-refractivity contribution is 5.24. The molecule has 0 aromatic carbocycles. The molecule has 0 aliphatic heterocycles. The summed E-state index contributed by atoms with van der Waals surface area (Å²) in [7, 11) is 2.09. The second kappa shape index (κ2) is 4.37. The predicted octanol–water partition coefficient (Wildman–Crippen LogP) is 3.32. The van der Waals surface area contributed by atoms with E-state index in [1.165, 1.54) is 45.1 Å². The first-order valence-corrected chi connectivity index (χ1v) is 8.09. The zero-order chi connectivity index (χ0) is 12.9. The molecular formula is C17H26N2. The van der Waals surface area contributed by atoms with E-state index in [1.54, 1.807) is 5.69 Å². The van der Waals surface area contributed by atoms with Crippen molar-refractivity contribution in [1.82, 2.24) is 10.3 Å². The molecule has 1 aromatic rings. The summed E-state index contributed by atoms with van der Waals surface area (Å²) in [6, 6.07) is 4.53. The first-order valence-electron chi connectivity index (χ1n) is 8.09. The Morgan fingerprint density at radius 3 is 2.68 bits per heavy atom. The Kier molecular flexibility index (Phi) is 2.77. The second-order valence-electron chi connectivity index (χ2n) is 7.39. The van der Waals surface area contributed by atoms with Crippen molar-refractivity contribution in [2.24, 2.45) is 23.7 Å². The lowest BCUT2D eigenvalue weighted by Gasteiger charge is -2.60. The lowest BCUT2D eigenvalue weighted by Crippen LogP contribution is -2.53. The van der Waals surface area contributed by atoms with E-state index in [9.17, 15) is 0 Å². The van der Waals surface area contributed by atoms with Gasteiger partial charge < -0.3 is 10.3 Å². The standard InChI is InChI=1S/C17H26N2/c1-18-6-4-15-13-7-12-8-14(15)11-17(9-12,10-13)16-3-2-5-19-16/h2-3,5,12-15,18-19H,4,6-11H2,1H3. The van der Waals surface area contributed by atoms with Crippen LogP contribution in [0.25, 0.3) is 0 Å². The van der Waals surface area contributed by atoms with Gasteiger partial charge in [-0.15, -0.1) is 0 Å². The van der Waals surface area contributed by atoms with E-state index in [0.717, 1.165) is 23.7 Å². The van der Waals surface area contributed by atoms with Gasteiger partial charge in [0.05, 0.1) is 0 Å². The molecule has 4 fully saturated rings. The van der Waals surface area contributed by atoms with Crippen molar-refractivity contribution in [3.8, 4) is 0 Å². The van der Waals surface area contributed by atoms with Gasteiger partial charge in [-0.25, -0.2) is 0 Å². The van der Waals surface area contributed by atoms with Crippen LogP contribution in [0.3, 0.4) is 0 Å². The lowest BCUT2D eigenvalue weighted by atomic mass is 9.45. The lowest BCUT2D eigenvalue weighted by molar-refractivity contribution is -0.0599. The smallest absolute Gasteiger partial charge is 0.0210 e. The number of nitrogens with one attached hydrogen (secondary N) is 2. The number of hydrogen-bond acceptors (Lipinski definition) is 1. The van der Waals surface area contributed by atoms with E-state index in [1.807, 2.05) is 0 Å². The molecular weight excluding hydrogens is 232 g/mol. The topological polar surface area (TPSA) is 27.8 Å². The normalized spacial score (nSPS) is 43.8. The van der Waals surface area contributed by atoms with Gasteiger partial charge in [-0.2, -0.15) is 0 Å². The monoisotopic (exact) mass is 258 g/mol. The van der Waals surface area contributed by atoms with Gasteiger partial charge in [0.1, 0.15) is 0 Å². The van der Waals surface area contributed by atoms with Gasteiger partial charge in [-0.3, -0.25) is 0 Å². The van der Waals surface area contributed by atoms with E-state index in [4.69, 9.17) is 0 Å². The molecule has 2 atom stereocenters. The van der Waals surface area contributed by atoms with E-state index in [0.29, 0.717) is 5.41 Å². The highest BCUT2D eigenvalue weighted by Gasteiger charge is 2.55. The van der Waals surface area contributed by atoms with Crippen molar-refractivity contribution in [2.75, 3.05) is 13.6 Å². The molecule has 2 nitrogen and oxygen atoms in total. The van der Waals surface area contributed by atoms with Gasteiger partial charge in [0.2, 0.25) is 0 Å². The molecule has 4 aliphatic rings. The van der Waals surface area contributed by atoms with Gasteiger partial charge >= 0.3 is 0 Å². The Morgan fingerprint density at radius 2 is 2.05 bits per heavy atom. The van der Waals surface area contributed by atoms with E-state index in [-0.39, 0.29) is 0 Å². The Balaban J connectivity index is 1.60. The average molecular weight is 258 g/mol. The maximum absolute atomic E-state index is 3.54. The molecule has 4 aliphatic carbocycles. The molecule has 0 amide bonds. The highest BCUT2D eigenvalue weighted by Crippen LogP contribution is 2.63. The Morgan fingerprint density at radius 1 is 1.26 bits per heavy atom. The summed E-state index contributed by atoms with van der Waals surface area (Å²) in [5.41, 5.74) is 2.06. The zero-order valence-electron chi connectivity index (χ0n) is 12.0. The van der Waals surface area contributed by atoms with Gasteiger partial charge in [0.25, 0.3) is 0 Å². The molecule has 2 unspecified atom stereocenters. The summed E-state index contributed by atoms with van der Waals surface area (Å²) < 4.78 is 0. The third-order valence-electron chi connectivity index (χ3n) is 6.37.